The van der Waals surface area contributed by atoms with Crippen molar-refractivity contribution in [2.75, 3.05) is 19.8 Å². The molecule has 3 N–H and O–H groups in total. The molecule has 0 aliphatic carbocycles. The highest BCUT2D eigenvalue weighted by Crippen LogP contribution is 2.29. The number of ether oxygens (including phenoxy) is 7. The molecule has 330 valence electrons. The van der Waals surface area contributed by atoms with E-state index in [1.807, 2.05) is 97.1 Å². The molecule has 5 rings (SSSR count). The molecule has 0 spiro atoms. The van der Waals surface area contributed by atoms with Gasteiger partial charge in [0.05, 0.1) is 32.8 Å². The van der Waals surface area contributed by atoms with Crippen LogP contribution in [-0.4, -0.2) is 84.3 Å². The normalized spacial score (nSPS) is 19.0. The highest BCUT2D eigenvalue weighted by molar-refractivity contribution is 6.67. The summed E-state index contributed by atoms with van der Waals surface area (Å²) >= 11 is 17.7. The molecule has 0 aromatic heterocycles. The van der Waals surface area contributed by atoms with Crippen LogP contribution in [0.2, 0.25) is 0 Å². The Balaban J connectivity index is 1.44. The van der Waals surface area contributed by atoms with Crippen LogP contribution in [0.25, 0.3) is 0 Å². The molecule has 1 heterocycles. The summed E-state index contributed by atoms with van der Waals surface area (Å²) in [7, 11) is 0. The first-order valence-corrected chi connectivity index (χ1v) is 20.7. The molecule has 1 aliphatic rings. The van der Waals surface area contributed by atoms with Gasteiger partial charge in [-0.05, 0) is 22.3 Å². The SMILES string of the molecule is C=CCOC(=O)[C@H](CC(=O)N[C@@H]1O[C@H](COCc2ccccc2)[C@@H](OCc2ccccc2)[C@H](OCc2ccccc2)[C@H]1NC(=O)OCC(Cl)(Cl)Cl)NC(=O)OCc1ccccc1. The lowest BCUT2D eigenvalue weighted by Gasteiger charge is -2.46. The average molecular weight is 913 g/mol. The Kier molecular flexibility index (Phi) is 19.3. The summed E-state index contributed by atoms with van der Waals surface area (Å²) in [5.41, 5.74) is 3.22. The minimum Gasteiger partial charge on any atom is -0.460 e. The summed E-state index contributed by atoms with van der Waals surface area (Å²) in [6, 6.07) is 34.3. The number of halogens is 3. The van der Waals surface area contributed by atoms with Crippen molar-refractivity contribution in [1.82, 2.24) is 16.0 Å². The van der Waals surface area contributed by atoms with Crippen molar-refractivity contribution >= 4 is 58.9 Å². The second-order valence-corrected chi connectivity index (χ2v) is 16.4. The maximum Gasteiger partial charge on any atom is 0.408 e. The monoisotopic (exact) mass is 911 g/mol. The Morgan fingerprint density at radius 1 is 0.661 bits per heavy atom. The fourth-order valence-corrected chi connectivity index (χ4v) is 6.39. The van der Waals surface area contributed by atoms with Crippen LogP contribution < -0.4 is 16.0 Å². The van der Waals surface area contributed by atoms with Crippen molar-refractivity contribution in [3.8, 4) is 0 Å². The van der Waals surface area contributed by atoms with Gasteiger partial charge in [0.2, 0.25) is 9.70 Å². The molecule has 0 bridgehead atoms. The van der Waals surface area contributed by atoms with Gasteiger partial charge in [0.25, 0.3) is 0 Å². The predicted molar refractivity (Wildman–Crippen MR) is 231 cm³/mol. The zero-order chi connectivity index (χ0) is 44.2. The standard InChI is InChI=1S/C45H48Cl3N3O11/c1-2-23-57-42(53)35(49-43(54)60-28-34-21-13-6-14-22-34)24-37(52)50-41-38(51-44(55)61-30-45(46,47)48)40(59-27-33-19-11-5-12-20-33)39(58-26-32-17-9-4-10-18-32)36(62-41)29-56-25-31-15-7-3-8-16-31/h2-22,35-36,38-41H,1,23-30H2,(H,49,54)(H,50,52)(H,51,55)/t35-,36+,38+,39+,40+,41+/m0/s1. The van der Waals surface area contributed by atoms with Crippen molar-refractivity contribution in [3.05, 3.63) is 156 Å². The number of hydrogen-bond donors (Lipinski definition) is 3. The number of alkyl halides is 3. The van der Waals surface area contributed by atoms with Crippen LogP contribution in [-0.2, 0) is 69.2 Å². The topological polar surface area (TPSA) is 169 Å². The summed E-state index contributed by atoms with van der Waals surface area (Å²) in [6.45, 7) is 2.95. The van der Waals surface area contributed by atoms with Crippen LogP contribution in [0.1, 0.15) is 28.7 Å². The fourth-order valence-electron chi connectivity index (χ4n) is 6.23. The lowest BCUT2D eigenvalue weighted by molar-refractivity contribution is -0.236. The van der Waals surface area contributed by atoms with E-state index in [1.54, 1.807) is 24.3 Å². The molecule has 3 amide bonds. The first kappa shape index (κ1) is 47.9. The molecule has 0 unspecified atom stereocenters. The number of rotatable bonds is 21. The number of carbonyl (C=O) groups is 4. The summed E-state index contributed by atoms with van der Waals surface area (Å²) in [5, 5.41) is 7.89. The number of carbonyl (C=O) groups excluding carboxylic acids is 4. The summed E-state index contributed by atoms with van der Waals surface area (Å²) in [4.78, 5) is 53.5. The molecule has 17 heteroatoms. The Morgan fingerprint density at radius 2 is 1.18 bits per heavy atom. The fraction of sp³-hybridized carbons (Fsp3) is 0.333. The molecule has 1 saturated heterocycles. The Morgan fingerprint density at radius 3 is 1.71 bits per heavy atom. The van der Waals surface area contributed by atoms with Crippen LogP contribution in [0, 0.1) is 0 Å². The second-order valence-electron chi connectivity index (χ2n) is 13.9. The summed E-state index contributed by atoms with van der Waals surface area (Å²) < 4.78 is 39.7. The molecule has 6 atom stereocenters. The molecular formula is C45H48Cl3N3O11. The first-order chi connectivity index (χ1) is 30.0. The minimum atomic E-state index is -1.94. The van der Waals surface area contributed by atoms with Gasteiger partial charge in [-0.3, -0.25) is 4.79 Å². The third-order valence-corrected chi connectivity index (χ3v) is 9.46. The van der Waals surface area contributed by atoms with Crippen LogP contribution in [0.5, 0.6) is 0 Å². The lowest BCUT2D eigenvalue weighted by atomic mass is 9.94. The summed E-state index contributed by atoms with van der Waals surface area (Å²) in [5.74, 6) is -1.73. The van der Waals surface area contributed by atoms with E-state index >= 15 is 0 Å². The van der Waals surface area contributed by atoms with Gasteiger partial charge in [-0.2, -0.15) is 0 Å². The lowest BCUT2D eigenvalue weighted by Crippen LogP contribution is -2.69. The largest absolute Gasteiger partial charge is 0.460 e. The Bertz CT molecular complexity index is 2000. The van der Waals surface area contributed by atoms with E-state index in [-0.39, 0.29) is 39.6 Å². The third kappa shape index (κ3) is 16.6. The van der Waals surface area contributed by atoms with E-state index in [1.165, 1.54) is 6.08 Å². The van der Waals surface area contributed by atoms with Gasteiger partial charge in [-0.15, -0.1) is 0 Å². The molecule has 4 aromatic rings. The molecular weight excluding hydrogens is 865 g/mol. The molecule has 0 saturated carbocycles. The van der Waals surface area contributed by atoms with Crippen molar-refractivity contribution in [2.24, 2.45) is 0 Å². The third-order valence-electron chi connectivity index (χ3n) is 9.13. The molecule has 14 nitrogen and oxygen atoms in total. The number of nitrogens with one attached hydrogen (secondary N) is 3. The van der Waals surface area contributed by atoms with Crippen molar-refractivity contribution < 1.29 is 52.3 Å². The number of alkyl carbamates (subject to hydrolysis) is 2. The van der Waals surface area contributed by atoms with E-state index < -0.39 is 77.5 Å². The smallest absolute Gasteiger partial charge is 0.408 e. The number of amides is 3. The van der Waals surface area contributed by atoms with Crippen molar-refractivity contribution in [1.29, 1.82) is 0 Å². The number of esters is 1. The number of hydrogen-bond acceptors (Lipinski definition) is 11. The molecule has 4 aromatic carbocycles. The van der Waals surface area contributed by atoms with E-state index in [4.69, 9.17) is 68.0 Å². The highest BCUT2D eigenvalue weighted by Gasteiger charge is 2.49. The highest BCUT2D eigenvalue weighted by atomic mass is 35.6. The molecule has 62 heavy (non-hydrogen) atoms. The minimum absolute atomic E-state index is 0.0442. The van der Waals surface area contributed by atoms with Crippen LogP contribution in [0.15, 0.2) is 134 Å². The van der Waals surface area contributed by atoms with Crippen molar-refractivity contribution in [2.45, 2.75) is 73.3 Å². The second kappa shape index (κ2) is 25.1. The molecule has 1 aliphatic heterocycles. The van der Waals surface area contributed by atoms with Crippen LogP contribution >= 0.6 is 34.8 Å². The zero-order valence-electron chi connectivity index (χ0n) is 33.6. The van der Waals surface area contributed by atoms with Crippen molar-refractivity contribution in [3.63, 3.8) is 0 Å². The molecule has 0 radical (unpaired) electrons. The van der Waals surface area contributed by atoms with Gasteiger partial charge in [0.15, 0.2) is 6.23 Å². The van der Waals surface area contributed by atoms with E-state index in [2.05, 4.69) is 22.5 Å². The van der Waals surface area contributed by atoms with Gasteiger partial charge in [0.1, 0.15) is 50.2 Å². The van der Waals surface area contributed by atoms with E-state index in [9.17, 15) is 19.2 Å². The predicted octanol–water partition coefficient (Wildman–Crippen LogP) is 7.09. The maximum atomic E-state index is 14.0. The van der Waals surface area contributed by atoms with Gasteiger partial charge < -0.3 is 49.1 Å². The first-order valence-electron chi connectivity index (χ1n) is 19.6. The zero-order valence-corrected chi connectivity index (χ0v) is 35.8. The average Bonchev–Trinajstić information content (AvgIpc) is 3.27. The Labute approximate surface area is 375 Å². The van der Waals surface area contributed by atoms with Gasteiger partial charge in [0, 0.05) is 0 Å². The van der Waals surface area contributed by atoms with Gasteiger partial charge >= 0.3 is 18.2 Å². The van der Waals surface area contributed by atoms with Crippen LogP contribution in [0.4, 0.5) is 9.59 Å². The maximum absolute atomic E-state index is 14.0. The summed E-state index contributed by atoms with van der Waals surface area (Å²) in [6.07, 6.45) is -5.64. The van der Waals surface area contributed by atoms with Crippen LogP contribution in [0.3, 0.4) is 0 Å². The number of benzene rings is 4. The molecule has 1 fully saturated rings. The van der Waals surface area contributed by atoms with Gasteiger partial charge in [-0.25, -0.2) is 14.4 Å². The van der Waals surface area contributed by atoms with E-state index in [0.29, 0.717) is 5.56 Å². The van der Waals surface area contributed by atoms with E-state index in [0.717, 1.165) is 16.7 Å². The Hall–Kier alpha value is -5.19. The quantitative estimate of drug-likeness (QED) is 0.0338. The van der Waals surface area contributed by atoms with Gasteiger partial charge in [-0.1, -0.05) is 169 Å².